The van der Waals surface area contributed by atoms with Crippen molar-refractivity contribution in [2.45, 2.75) is 44.3 Å². The molecular weight excluding hydrogens is 416 g/mol. The number of aryl methyl sites for hydroxylation is 1. The number of rotatable bonds is 9. The van der Waals surface area contributed by atoms with Gasteiger partial charge in [0.15, 0.2) is 0 Å². The van der Waals surface area contributed by atoms with E-state index in [1.165, 1.54) is 6.92 Å². The van der Waals surface area contributed by atoms with Crippen molar-refractivity contribution in [3.8, 4) is 5.75 Å². The number of carbonyl (C=O) groups is 3. The summed E-state index contributed by atoms with van der Waals surface area (Å²) in [5, 5.41) is 2.02. The van der Waals surface area contributed by atoms with Crippen LogP contribution in [0.2, 0.25) is 0 Å². The van der Waals surface area contributed by atoms with Crippen LogP contribution in [0.15, 0.2) is 42.6 Å². The van der Waals surface area contributed by atoms with E-state index in [0.717, 1.165) is 35.0 Å². The molecule has 1 aromatic heterocycles. The molecule has 0 saturated carbocycles. The van der Waals surface area contributed by atoms with E-state index in [-0.39, 0.29) is 29.6 Å². The van der Waals surface area contributed by atoms with E-state index < -0.39 is 4.75 Å². The first kappa shape index (κ1) is 22.8. The average molecular weight is 443 g/mol. The predicted molar refractivity (Wildman–Crippen MR) is 118 cm³/mol. The van der Waals surface area contributed by atoms with Crippen LogP contribution in [-0.4, -0.2) is 40.1 Å². The Morgan fingerprint density at radius 1 is 1.16 bits per heavy atom. The highest BCUT2D eigenvalue weighted by Gasteiger charge is 2.43. The molecule has 1 aliphatic heterocycles. The van der Waals surface area contributed by atoms with E-state index in [2.05, 4.69) is 10.3 Å². The van der Waals surface area contributed by atoms with Crippen molar-refractivity contribution in [3.05, 3.63) is 59.4 Å². The van der Waals surface area contributed by atoms with Crippen LogP contribution in [0.5, 0.6) is 5.75 Å². The number of carbonyl (C=O) groups excluding carboxylic acids is 3. The fourth-order valence-electron chi connectivity index (χ4n) is 3.25. The number of nitrogens with zero attached hydrogens (tertiary/aromatic N) is 1. The van der Waals surface area contributed by atoms with Crippen molar-refractivity contribution in [1.29, 1.82) is 0 Å². The molecule has 2 atom stereocenters. The minimum Gasteiger partial charge on any atom is -0.493 e. The highest BCUT2D eigenvalue weighted by Crippen LogP contribution is 2.35. The molecule has 1 fully saturated rings. The molecule has 7 nitrogen and oxygen atoms in total. The van der Waals surface area contributed by atoms with Crippen LogP contribution in [0, 0.1) is 0 Å². The second-order valence-corrected chi connectivity index (χ2v) is 9.12. The van der Waals surface area contributed by atoms with Crippen molar-refractivity contribution < 1.29 is 23.9 Å². The summed E-state index contributed by atoms with van der Waals surface area (Å²) < 4.78 is 10.4. The van der Waals surface area contributed by atoms with Crippen LogP contribution in [0.25, 0.3) is 0 Å². The van der Waals surface area contributed by atoms with E-state index >= 15 is 0 Å². The number of hydrogen-bond donors (Lipinski definition) is 1. The van der Waals surface area contributed by atoms with Gasteiger partial charge in [-0.25, -0.2) is 0 Å². The van der Waals surface area contributed by atoms with Crippen LogP contribution in [-0.2, 0) is 27.2 Å². The number of esters is 1. The van der Waals surface area contributed by atoms with Gasteiger partial charge in [0.05, 0.1) is 12.5 Å². The van der Waals surface area contributed by atoms with Gasteiger partial charge in [0.2, 0.25) is 5.91 Å². The van der Waals surface area contributed by atoms with Crippen molar-refractivity contribution in [2.24, 2.45) is 0 Å². The summed E-state index contributed by atoms with van der Waals surface area (Å²) in [6, 6.07) is 11.4. The zero-order chi connectivity index (χ0) is 22.4. The Morgan fingerprint density at radius 2 is 1.90 bits per heavy atom. The molecule has 0 radical (unpaired) electrons. The third kappa shape index (κ3) is 6.07. The standard InChI is InChI=1S/C23H26N2O5S/c1-4-19-8-7-17(12-24-19)18(13-29-15(2)26)14-30-20-9-5-16(6-10-20)11-23(3)21(27)25-22(28)31-23/h5-10,12,18H,4,11,13-14H2,1-3H3,(H,25,27,28)/t18-,23?/m1/s1. The SMILES string of the molecule is CCc1ccc([C@H](COC(C)=O)COc2ccc(CC3(C)SC(=O)NC3=O)cc2)cn1. The van der Waals surface area contributed by atoms with Gasteiger partial charge in [-0.2, -0.15) is 0 Å². The lowest BCUT2D eigenvalue weighted by Crippen LogP contribution is -2.35. The zero-order valence-corrected chi connectivity index (χ0v) is 18.7. The molecule has 31 heavy (non-hydrogen) atoms. The lowest BCUT2D eigenvalue weighted by atomic mass is 9.99. The number of ether oxygens (including phenoxy) is 2. The van der Waals surface area contributed by atoms with Gasteiger partial charge in [-0.1, -0.05) is 25.1 Å². The summed E-state index contributed by atoms with van der Waals surface area (Å²) in [5.41, 5.74) is 2.87. The van der Waals surface area contributed by atoms with Crippen LogP contribution < -0.4 is 10.1 Å². The molecule has 2 heterocycles. The van der Waals surface area contributed by atoms with Gasteiger partial charge in [-0.05, 0) is 60.9 Å². The lowest BCUT2D eigenvalue weighted by Gasteiger charge is -2.19. The molecule has 0 aliphatic carbocycles. The van der Waals surface area contributed by atoms with Crippen molar-refractivity contribution in [2.75, 3.05) is 13.2 Å². The quantitative estimate of drug-likeness (QED) is 0.592. The number of aromatic nitrogens is 1. The molecule has 2 aromatic rings. The fraction of sp³-hybridized carbons (Fsp3) is 0.391. The fourth-order valence-corrected chi connectivity index (χ4v) is 4.19. The number of hydrogen-bond acceptors (Lipinski definition) is 7. The summed E-state index contributed by atoms with van der Waals surface area (Å²) in [4.78, 5) is 39.2. The first-order valence-electron chi connectivity index (χ1n) is 10.1. The van der Waals surface area contributed by atoms with E-state index in [0.29, 0.717) is 18.8 Å². The first-order chi connectivity index (χ1) is 14.8. The van der Waals surface area contributed by atoms with Gasteiger partial charge in [0, 0.05) is 18.8 Å². The largest absolute Gasteiger partial charge is 0.493 e. The summed E-state index contributed by atoms with van der Waals surface area (Å²) in [7, 11) is 0. The van der Waals surface area contributed by atoms with E-state index in [9.17, 15) is 14.4 Å². The maximum atomic E-state index is 12.0. The number of pyridine rings is 1. The molecule has 2 amide bonds. The second-order valence-electron chi connectivity index (χ2n) is 7.64. The maximum absolute atomic E-state index is 12.0. The minimum absolute atomic E-state index is 0.148. The van der Waals surface area contributed by atoms with E-state index in [1.54, 1.807) is 13.1 Å². The molecule has 1 aromatic carbocycles. The van der Waals surface area contributed by atoms with Crippen molar-refractivity contribution >= 4 is 28.9 Å². The first-order valence-corrected chi connectivity index (χ1v) is 10.9. The summed E-state index contributed by atoms with van der Waals surface area (Å²) in [6.45, 7) is 5.72. The van der Waals surface area contributed by atoms with E-state index in [1.807, 2.05) is 43.3 Å². The summed E-state index contributed by atoms with van der Waals surface area (Å²) >= 11 is 1.02. The molecule has 0 spiro atoms. The number of imide groups is 1. The number of benzene rings is 1. The Balaban J connectivity index is 1.63. The smallest absolute Gasteiger partial charge is 0.302 e. The lowest BCUT2D eigenvalue weighted by molar-refractivity contribution is -0.141. The van der Waals surface area contributed by atoms with Gasteiger partial charge in [0.25, 0.3) is 5.24 Å². The number of nitrogens with one attached hydrogen (secondary N) is 1. The third-order valence-corrected chi connectivity index (χ3v) is 6.17. The molecule has 8 heteroatoms. The minimum atomic E-state index is -0.799. The second kappa shape index (κ2) is 9.96. The summed E-state index contributed by atoms with van der Waals surface area (Å²) in [5.74, 6) is -0.0860. The van der Waals surface area contributed by atoms with Crippen LogP contribution >= 0.6 is 11.8 Å². The third-order valence-electron chi connectivity index (χ3n) is 5.10. The highest BCUT2D eigenvalue weighted by molar-refractivity contribution is 8.16. The Labute approximate surface area is 185 Å². The van der Waals surface area contributed by atoms with Gasteiger partial charge in [0.1, 0.15) is 17.1 Å². The number of amides is 2. The molecular formula is C23H26N2O5S. The molecule has 1 N–H and O–H groups in total. The zero-order valence-electron chi connectivity index (χ0n) is 17.8. The monoisotopic (exact) mass is 442 g/mol. The van der Waals surface area contributed by atoms with E-state index in [4.69, 9.17) is 9.47 Å². The van der Waals surface area contributed by atoms with Crippen LogP contribution in [0.1, 0.15) is 43.5 Å². The summed E-state index contributed by atoms with van der Waals surface area (Å²) in [6.07, 6.45) is 3.09. The average Bonchev–Trinajstić information content (AvgIpc) is 3.00. The molecule has 1 aliphatic rings. The molecule has 1 unspecified atom stereocenters. The topological polar surface area (TPSA) is 94.6 Å². The number of thioether (sulfide) groups is 1. The molecule has 0 bridgehead atoms. The van der Waals surface area contributed by atoms with Crippen LogP contribution in [0.4, 0.5) is 4.79 Å². The maximum Gasteiger partial charge on any atom is 0.302 e. The Hall–Kier alpha value is -2.87. The normalized spacial score (nSPS) is 19.1. The van der Waals surface area contributed by atoms with Crippen LogP contribution in [0.3, 0.4) is 0 Å². The Kier molecular flexibility index (Phi) is 7.33. The molecule has 1 saturated heterocycles. The molecule has 3 rings (SSSR count). The van der Waals surface area contributed by atoms with Gasteiger partial charge < -0.3 is 9.47 Å². The van der Waals surface area contributed by atoms with Crippen molar-refractivity contribution in [1.82, 2.24) is 10.3 Å². The van der Waals surface area contributed by atoms with Crippen molar-refractivity contribution in [3.63, 3.8) is 0 Å². The Bertz CT molecular complexity index is 945. The van der Waals surface area contributed by atoms with Gasteiger partial charge >= 0.3 is 5.97 Å². The van der Waals surface area contributed by atoms with Gasteiger partial charge in [-0.3, -0.25) is 24.7 Å². The Morgan fingerprint density at radius 3 is 2.45 bits per heavy atom. The predicted octanol–water partition coefficient (Wildman–Crippen LogP) is 3.65. The van der Waals surface area contributed by atoms with Gasteiger partial charge in [-0.15, -0.1) is 0 Å². The highest BCUT2D eigenvalue weighted by atomic mass is 32.2. The molecule has 164 valence electrons.